The lowest BCUT2D eigenvalue weighted by atomic mass is 10.1. The van der Waals surface area contributed by atoms with E-state index < -0.39 is 8.80 Å². The highest BCUT2D eigenvalue weighted by atomic mass is 28.4. The Bertz CT molecular complexity index is 541. The van der Waals surface area contributed by atoms with Gasteiger partial charge in [-0.2, -0.15) is 0 Å². The molecule has 0 spiro atoms. The average Bonchev–Trinajstić information content (AvgIpc) is 3.82. The van der Waals surface area contributed by atoms with Crippen molar-refractivity contribution in [3.63, 3.8) is 0 Å². The SMILES string of the molecule is CCCCCCCCCCN(CCCCCCCCCC)CCC[Si](OCC1CO1)(OCC1CO1)OCC1CO1. The molecule has 3 aliphatic rings. The summed E-state index contributed by atoms with van der Waals surface area (Å²) in [5.74, 6) is 0. The molecule has 0 radical (unpaired) electrons. The number of hydrogen-bond donors (Lipinski definition) is 0. The smallest absolute Gasteiger partial charge is 0.371 e. The number of hydrogen-bond acceptors (Lipinski definition) is 7. The van der Waals surface area contributed by atoms with Crippen molar-refractivity contribution in [2.75, 3.05) is 59.3 Å². The summed E-state index contributed by atoms with van der Waals surface area (Å²) in [6, 6.07) is 0.852. The van der Waals surface area contributed by atoms with Crippen molar-refractivity contribution >= 4 is 8.80 Å². The van der Waals surface area contributed by atoms with Gasteiger partial charge in [-0.25, -0.2) is 0 Å². The Morgan fingerprint density at radius 2 is 0.825 bits per heavy atom. The van der Waals surface area contributed by atoms with E-state index in [0.717, 1.165) is 38.8 Å². The summed E-state index contributed by atoms with van der Waals surface area (Å²) < 4.78 is 35.6. The fourth-order valence-corrected chi connectivity index (χ4v) is 7.88. The van der Waals surface area contributed by atoms with Crippen LogP contribution in [-0.4, -0.2) is 91.3 Å². The highest BCUT2D eigenvalue weighted by Crippen LogP contribution is 2.25. The van der Waals surface area contributed by atoms with Crippen LogP contribution >= 0.6 is 0 Å². The molecule has 3 saturated heterocycles. The molecule has 0 aromatic rings. The van der Waals surface area contributed by atoms with E-state index in [2.05, 4.69) is 18.7 Å². The van der Waals surface area contributed by atoms with Crippen LogP contribution in [0.2, 0.25) is 6.04 Å². The third kappa shape index (κ3) is 17.8. The third-order valence-corrected chi connectivity index (χ3v) is 11.1. The van der Waals surface area contributed by atoms with Crippen molar-refractivity contribution in [1.82, 2.24) is 4.90 Å². The summed E-state index contributed by atoms with van der Waals surface area (Å²) >= 11 is 0. The van der Waals surface area contributed by atoms with Crippen LogP contribution in [0, 0.1) is 0 Å². The average molecular weight is 586 g/mol. The molecule has 3 aliphatic heterocycles. The van der Waals surface area contributed by atoms with Crippen LogP contribution < -0.4 is 0 Å². The number of ether oxygens (including phenoxy) is 3. The van der Waals surface area contributed by atoms with E-state index in [1.165, 1.54) is 116 Å². The van der Waals surface area contributed by atoms with E-state index >= 15 is 0 Å². The summed E-state index contributed by atoms with van der Waals surface area (Å²) in [7, 11) is -2.82. The number of nitrogens with zero attached hydrogens (tertiary/aromatic N) is 1. The van der Waals surface area contributed by atoms with Crippen LogP contribution in [0.3, 0.4) is 0 Å². The monoisotopic (exact) mass is 585 g/mol. The number of epoxide rings is 3. The normalized spacial score (nSPS) is 23.0. The van der Waals surface area contributed by atoms with E-state index in [9.17, 15) is 0 Å². The summed E-state index contributed by atoms with van der Waals surface area (Å²) in [5.41, 5.74) is 0. The number of rotatable bonds is 31. The first-order valence-electron chi connectivity index (χ1n) is 17.2. The molecule has 0 bridgehead atoms. The fourth-order valence-electron chi connectivity index (χ4n) is 5.29. The fraction of sp³-hybridized carbons (Fsp3) is 1.00. The molecule has 3 atom stereocenters. The van der Waals surface area contributed by atoms with Crippen molar-refractivity contribution in [3.8, 4) is 0 Å². The van der Waals surface area contributed by atoms with Crippen molar-refractivity contribution in [3.05, 3.63) is 0 Å². The van der Waals surface area contributed by atoms with Crippen LogP contribution in [-0.2, 0) is 27.5 Å². The highest BCUT2D eigenvalue weighted by molar-refractivity contribution is 6.60. The van der Waals surface area contributed by atoms with Gasteiger partial charge in [0.25, 0.3) is 0 Å². The molecule has 0 aromatic heterocycles. The molecule has 0 saturated carbocycles. The van der Waals surface area contributed by atoms with Crippen molar-refractivity contribution < 1.29 is 27.5 Å². The second-order valence-electron chi connectivity index (χ2n) is 12.4. The van der Waals surface area contributed by atoms with Crippen LogP contribution in [0.4, 0.5) is 0 Å². The minimum Gasteiger partial charge on any atom is -0.371 e. The zero-order valence-corrected chi connectivity index (χ0v) is 27.2. The molecule has 3 unspecified atom stereocenters. The van der Waals surface area contributed by atoms with Gasteiger partial charge in [0.1, 0.15) is 18.3 Å². The summed E-state index contributed by atoms with van der Waals surface area (Å²) in [6.45, 7) is 12.2. The molecule has 7 nitrogen and oxygen atoms in total. The molecule has 0 aromatic carbocycles. The maximum absolute atomic E-state index is 6.44. The van der Waals surface area contributed by atoms with Gasteiger partial charge in [0.05, 0.1) is 39.6 Å². The highest BCUT2D eigenvalue weighted by Gasteiger charge is 2.45. The minimum absolute atomic E-state index is 0.203. The van der Waals surface area contributed by atoms with Gasteiger partial charge in [-0.3, -0.25) is 0 Å². The molecule has 3 heterocycles. The van der Waals surface area contributed by atoms with E-state index in [4.69, 9.17) is 27.5 Å². The third-order valence-electron chi connectivity index (χ3n) is 8.29. The van der Waals surface area contributed by atoms with Gasteiger partial charge in [0, 0.05) is 6.04 Å². The Balaban J connectivity index is 1.41. The lowest BCUT2D eigenvalue weighted by Crippen LogP contribution is -2.48. The second-order valence-corrected chi connectivity index (χ2v) is 15.1. The van der Waals surface area contributed by atoms with Crippen LogP contribution in [0.1, 0.15) is 123 Å². The number of unbranched alkanes of at least 4 members (excludes halogenated alkanes) is 14. The summed E-state index contributed by atoms with van der Waals surface area (Å²) in [5, 5.41) is 0. The van der Waals surface area contributed by atoms with Crippen LogP contribution in [0.25, 0.3) is 0 Å². The maximum Gasteiger partial charge on any atom is 0.501 e. The molecule has 0 amide bonds. The molecule has 3 fully saturated rings. The molecular weight excluding hydrogens is 522 g/mol. The van der Waals surface area contributed by atoms with Crippen molar-refractivity contribution in [1.29, 1.82) is 0 Å². The van der Waals surface area contributed by atoms with Gasteiger partial charge >= 0.3 is 8.80 Å². The van der Waals surface area contributed by atoms with E-state index in [1.54, 1.807) is 0 Å². The maximum atomic E-state index is 6.44. The topological polar surface area (TPSA) is 68.5 Å². The summed E-state index contributed by atoms with van der Waals surface area (Å²) in [6.07, 6.45) is 23.6. The molecule has 3 rings (SSSR count). The van der Waals surface area contributed by atoms with E-state index in [1.807, 2.05) is 0 Å². The molecule has 40 heavy (non-hydrogen) atoms. The Morgan fingerprint density at radius 3 is 1.18 bits per heavy atom. The van der Waals surface area contributed by atoms with Crippen LogP contribution in [0.5, 0.6) is 0 Å². The predicted molar refractivity (Wildman–Crippen MR) is 164 cm³/mol. The first kappa shape index (κ1) is 34.4. The lowest BCUT2D eigenvalue weighted by Gasteiger charge is -2.30. The van der Waals surface area contributed by atoms with Gasteiger partial charge in [0.2, 0.25) is 0 Å². The zero-order valence-electron chi connectivity index (χ0n) is 26.2. The van der Waals surface area contributed by atoms with Crippen LogP contribution in [0.15, 0.2) is 0 Å². The van der Waals surface area contributed by atoms with E-state index in [-0.39, 0.29) is 18.3 Å². The van der Waals surface area contributed by atoms with Crippen molar-refractivity contribution in [2.45, 2.75) is 147 Å². The Hall–Kier alpha value is -0.0631. The second kappa shape index (κ2) is 21.6. The van der Waals surface area contributed by atoms with Gasteiger partial charge < -0.3 is 32.4 Å². The molecule has 0 aliphatic carbocycles. The van der Waals surface area contributed by atoms with E-state index in [0.29, 0.717) is 19.8 Å². The van der Waals surface area contributed by atoms with Gasteiger partial charge in [-0.05, 0) is 38.9 Å². The first-order chi connectivity index (χ1) is 19.7. The predicted octanol–water partition coefficient (Wildman–Crippen LogP) is 7.15. The quantitative estimate of drug-likeness (QED) is 0.0486. The van der Waals surface area contributed by atoms with Gasteiger partial charge in [0.15, 0.2) is 0 Å². The van der Waals surface area contributed by atoms with Crippen molar-refractivity contribution in [2.24, 2.45) is 0 Å². The summed E-state index contributed by atoms with van der Waals surface area (Å²) in [4.78, 5) is 2.71. The zero-order chi connectivity index (χ0) is 28.1. The van der Waals surface area contributed by atoms with Gasteiger partial charge in [-0.15, -0.1) is 0 Å². The lowest BCUT2D eigenvalue weighted by molar-refractivity contribution is 0.0439. The first-order valence-corrected chi connectivity index (χ1v) is 19.1. The minimum atomic E-state index is -2.82. The Morgan fingerprint density at radius 1 is 0.500 bits per heavy atom. The molecular formula is C32H63NO6Si. The molecule has 236 valence electrons. The van der Waals surface area contributed by atoms with Gasteiger partial charge in [-0.1, -0.05) is 104 Å². The Labute approximate surface area is 247 Å². The molecule has 8 heteroatoms. The Kier molecular flexibility index (Phi) is 18.6. The molecule has 0 N–H and O–H groups in total. The standard InChI is InChI=1S/C32H63NO6Si/c1-3-5-7-9-11-13-15-17-20-33(21-18-16-14-12-10-8-6-4-2)22-19-23-40(37-27-30-24-34-30,38-28-31-25-35-31)39-29-32-26-36-32/h30-32H,3-29H2,1-2H3. The largest absolute Gasteiger partial charge is 0.501 e.